The van der Waals surface area contributed by atoms with Gasteiger partial charge in [0.1, 0.15) is 0 Å². The highest BCUT2D eigenvalue weighted by Crippen LogP contribution is 2.21. The molecule has 0 radical (unpaired) electrons. The van der Waals surface area contributed by atoms with E-state index >= 15 is 0 Å². The molecule has 19 heavy (non-hydrogen) atoms. The highest BCUT2D eigenvalue weighted by Gasteiger charge is 2.27. The molecule has 0 saturated carbocycles. The molecule has 0 spiro atoms. The molecule has 0 aromatic carbocycles. The fourth-order valence-corrected chi connectivity index (χ4v) is 2.98. The first-order valence-corrected chi connectivity index (χ1v) is 7.43. The van der Waals surface area contributed by atoms with Gasteiger partial charge in [0.05, 0.1) is 12.2 Å². The molecule has 2 heterocycles. The van der Waals surface area contributed by atoms with E-state index in [1.807, 2.05) is 0 Å². The Kier molecular flexibility index (Phi) is 5.05. The topological polar surface area (TPSA) is 53.0 Å². The van der Waals surface area contributed by atoms with E-state index in [0.29, 0.717) is 25.2 Å². The summed E-state index contributed by atoms with van der Waals surface area (Å²) in [7, 11) is 0. The third-order valence-electron chi connectivity index (χ3n) is 4.30. The summed E-state index contributed by atoms with van der Waals surface area (Å²) in [6, 6.07) is 0.625. The predicted octanol–water partition coefficient (Wildman–Crippen LogP) is 2.02. The van der Waals surface area contributed by atoms with Crippen LogP contribution < -0.4 is 0 Å². The van der Waals surface area contributed by atoms with Crippen LogP contribution in [0.2, 0.25) is 0 Å². The molecule has 0 unspecified atom stereocenters. The van der Waals surface area contributed by atoms with Crippen molar-refractivity contribution >= 4 is 6.09 Å². The van der Waals surface area contributed by atoms with Crippen molar-refractivity contribution in [3.63, 3.8) is 0 Å². The minimum atomic E-state index is -0.802. The highest BCUT2D eigenvalue weighted by atomic mass is 16.5. The molecule has 1 N–H and O–H groups in total. The van der Waals surface area contributed by atoms with E-state index in [1.54, 1.807) is 0 Å². The number of hydrogen-bond acceptors (Lipinski definition) is 3. The normalized spacial score (nSPS) is 24.1. The van der Waals surface area contributed by atoms with Gasteiger partial charge in [-0.1, -0.05) is 0 Å². The van der Waals surface area contributed by atoms with Crippen LogP contribution in [-0.4, -0.2) is 65.4 Å². The van der Waals surface area contributed by atoms with Crippen molar-refractivity contribution in [1.82, 2.24) is 9.80 Å². The smallest absolute Gasteiger partial charge is 0.407 e. The van der Waals surface area contributed by atoms with Crippen molar-refractivity contribution in [2.24, 2.45) is 0 Å². The zero-order valence-corrected chi connectivity index (χ0v) is 12.0. The van der Waals surface area contributed by atoms with Gasteiger partial charge in [-0.05, 0) is 39.5 Å². The number of likely N-dealkylation sites (tertiary alicyclic amines) is 2. The van der Waals surface area contributed by atoms with Crippen LogP contribution in [-0.2, 0) is 4.74 Å². The second-order valence-electron chi connectivity index (χ2n) is 5.93. The molecule has 110 valence electrons. The van der Waals surface area contributed by atoms with Crippen LogP contribution in [0.15, 0.2) is 0 Å². The molecule has 2 aliphatic rings. The molecule has 0 aromatic heterocycles. The molecule has 5 nitrogen and oxygen atoms in total. The summed E-state index contributed by atoms with van der Waals surface area (Å²) in [5, 5.41) is 8.91. The van der Waals surface area contributed by atoms with Gasteiger partial charge in [0.25, 0.3) is 0 Å². The Morgan fingerprint density at radius 2 is 1.53 bits per heavy atom. The Balaban J connectivity index is 1.68. The van der Waals surface area contributed by atoms with Crippen molar-refractivity contribution < 1.29 is 14.6 Å². The van der Waals surface area contributed by atoms with Gasteiger partial charge >= 0.3 is 6.09 Å². The zero-order valence-electron chi connectivity index (χ0n) is 12.0. The van der Waals surface area contributed by atoms with Gasteiger partial charge in [-0.3, -0.25) is 0 Å². The summed E-state index contributed by atoms with van der Waals surface area (Å²) in [4.78, 5) is 14.8. The van der Waals surface area contributed by atoms with Gasteiger partial charge in [-0.2, -0.15) is 0 Å². The lowest BCUT2D eigenvalue weighted by atomic mass is 10.0. The molecule has 0 atom stereocenters. The largest absolute Gasteiger partial charge is 0.465 e. The van der Waals surface area contributed by atoms with E-state index in [2.05, 4.69) is 18.7 Å². The van der Waals surface area contributed by atoms with E-state index < -0.39 is 6.09 Å². The summed E-state index contributed by atoms with van der Waals surface area (Å²) in [6.07, 6.45) is 3.73. The quantitative estimate of drug-likeness (QED) is 0.852. The molecule has 0 bridgehead atoms. The van der Waals surface area contributed by atoms with Crippen LogP contribution >= 0.6 is 0 Å². The number of carboxylic acid groups (broad SMARTS) is 1. The maximum absolute atomic E-state index is 10.8. The average molecular weight is 270 g/mol. The lowest BCUT2D eigenvalue weighted by Gasteiger charge is -2.37. The number of amides is 1. The molecule has 1 amide bonds. The molecule has 0 aromatic rings. The molecule has 2 fully saturated rings. The maximum atomic E-state index is 10.8. The standard InChI is InChI=1S/C14H26N2O3/c1-11(2)15-7-3-12(4-8-15)19-13-5-9-16(10-6-13)14(17)18/h11-13H,3-10H2,1-2H3,(H,17,18). The Hall–Kier alpha value is -0.810. The average Bonchev–Trinajstić information content (AvgIpc) is 2.40. The fraction of sp³-hybridized carbons (Fsp3) is 0.929. The Morgan fingerprint density at radius 1 is 1.05 bits per heavy atom. The monoisotopic (exact) mass is 270 g/mol. The maximum Gasteiger partial charge on any atom is 0.407 e. The van der Waals surface area contributed by atoms with Gasteiger partial charge in [0.2, 0.25) is 0 Å². The van der Waals surface area contributed by atoms with E-state index in [0.717, 1.165) is 38.8 Å². The summed E-state index contributed by atoms with van der Waals surface area (Å²) >= 11 is 0. The van der Waals surface area contributed by atoms with Gasteiger partial charge in [0, 0.05) is 32.2 Å². The van der Waals surface area contributed by atoms with E-state index in [4.69, 9.17) is 9.84 Å². The van der Waals surface area contributed by atoms with E-state index in [1.165, 1.54) is 4.90 Å². The number of nitrogens with zero attached hydrogens (tertiary/aromatic N) is 2. The third kappa shape index (κ3) is 4.08. The van der Waals surface area contributed by atoms with E-state index in [-0.39, 0.29) is 6.10 Å². The lowest BCUT2D eigenvalue weighted by molar-refractivity contribution is -0.0651. The second-order valence-corrected chi connectivity index (χ2v) is 5.93. The number of piperidine rings is 2. The van der Waals surface area contributed by atoms with Crippen LogP contribution in [0.5, 0.6) is 0 Å². The van der Waals surface area contributed by atoms with Crippen molar-refractivity contribution in [2.45, 2.75) is 57.8 Å². The summed E-state index contributed by atoms with van der Waals surface area (Å²) < 4.78 is 6.14. The summed E-state index contributed by atoms with van der Waals surface area (Å²) in [5.74, 6) is 0. The second kappa shape index (κ2) is 6.57. The third-order valence-corrected chi connectivity index (χ3v) is 4.30. The fourth-order valence-electron chi connectivity index (χ4n) is 2.98. The van der Waals surface area contributed by atoms with Gasteiger partial charge in [-0.25, -0.2) is 4.79 Å². The minimum Gasteiger partial charge on any atom is -0.465 e. The van der Waals surface area contributed by atoms with Gasteiger partial charge < -0.3 is 19.6 Å². The highest BCUT2D eigenvalue weighted by molar-refractivity contribution is 5.64. The molecule has 5 heteroatoms. The molecule has 2 aliphatic heterocycles. The molecular formula is C14H26N2O3. The molecule has 2 rings (SSSR count). The molecule has 0 aliphatic carbocycles. The number of ether oxygens (including phenoxy) is 1. The van der Waals surface area contributed by atoms with Crippen molar-refractivity contribution in [1.29, 1.82) is 0 Å². The number of rotatable bonds is 3. The Morgan fingerprint density at radius 3 is 1.95 bits per heavy atom. The SMILES string of the molecule is CC(C)N1CCC(OC2CCN(C(=O)O)CC2)CC1. The predicted molar refractivity (Wildman–Crippen MR) is 73.4 cm³/mol. The van der Waals surface area contributed by atoms with Crippen LogP contribution in [0, 0.1) is 0 Å². The van der Waals surface area contributed by atoms with Gasteiger partial charge in [0.15, 0.2) is 0 Å². The Bertz CT molecular complexity index is 293. The molecular weight excluding hydrogens is 244 g/mol. The van der Waals surface area contributed by atoms with Crippen molar-refractivity contribution in [2.75, 3.05) is 26.2 Å². The van der Waals surface area contributed by atoms with E-state index in [9.17, 15) is 4.79 Å². The Labute approximate surface area is 115 Å². The first kappa shape index (κ1) is 14.6. The summed E-state index contributed by atoms with van der Waals surface area (Å²) in [6.45, 7) is 7.95. The van der Waals surface area contributed by atoms with Crippen LogP contribution in [0.3, 0.4) is 0 Å². The molecule has 2 saturated heterocycles. The summed E-state index contributed by atoms with van der Waals surface area (Å²) in [5.41, 5.74) is 0. The van der Waals surface area contributed by atoms with Gasteiger partial charge in [-0.15, -0.1) is 0 Å². The zero-order chi connectivity index (χ0) is 13.8. The lowest BCUT2D eigenvalue weighted by Crippen LogP contribution is -2.44. The van der Waals surface area contributed by atoms with Crippen LogP contribution in [0.4, 0.5) is 4.79 Å². The van der Waals surface area contributed by atoms with Crippen molar-refractivity contribution in [3.05, 3.63) is 0 Å². The minimum absolute atomic E-state index is 0.256. The van der Waals surface area contributed by atoms with Crippen molar-refractivity contribution in [3.8, 4) is 0 Å². The van der Waals surface area contributed by atoms with Crippen LogP contribution in [0.1, 0.15) is 39.5 Å². The number of carbonyl (C=O) groups is 1. The van der Waals surface area contributed by atoms with Crippen LogP contribution in [0.25, 0.3) is 0 Å². The first-order chi connectivity index (χ1) is 9.06. The number of hydrogen-bond donors (Lipinski definition) is 1. The first-order valence-electron chi connectivity index (χ1n) is 7.43.